The molecule has 3 nitrogen and oxygen atoms in total. The van der Waals surface area contributed by atoms with Gasteiger partial charge in [0.15, 0.2) is 0 Å². The monoisotopic (exact) mass is 143 g/mol. The normalized spacial score (nSPS) is 8.18. The van der Waals surface area contributed by atoms with Crippen molar-refractivity contribution in [2.45, 2.75) is 0 Å². The number of anilines is 1. The Kier molecular flexibility index (Phi) is 1.76. The van der Waals surface area contributed by atoms with E-state index in [9.17, 15) is 0 Å². The van der Waals surface area contributed by atoms with E-state index in [-0.39, 0.29) is 5.95 Å². The number of nitrogens with two attached hydrogens (primary N) is 1. The maximum atomic E-state index is 5.30. The molecule has 0 aliphatic carbocycles. The Labute approximate surface area is 64.7 Å². The molecule has 1 heterocycles. The third kappa shape index (κ3) is 1.47. The van der Waals surface area contributed by atoms with Crippen molar-refractivity contribution in [3.05, 3.63) is 17.5 Å². The predicted octanol–water partition coefficient (Wildman–Crippen LogP) is 0.0214. The standard InChI is InChI=1S/C8H5N3/c1-3-6-5-7(4-2)11-8(9)10-6/h1-2,5H,(H2,9,10,11). The summed E-state index contributed by atoms with van der Waals surface area (Å²) < 4.78 is 0. The molecule has 0 aliphatic heterocycles. The van der Waals surface area contributed by atoms with Crippen molar-refractivity contribution in [1.82, 2.24) is 9.97 Å². The van der Waals surface area contributed by atoms with E-state index in [2.05, 4.69) is 21.8 Å². The quantitative estimate of drug-likeness (QED) is 0.521. The smallest absolute Gasteiger partial charge is 0.222 e. The van der Waals surface area contributed by atoms with Crippen molar-refractivity contribution < 1.29 is 0 Å². The molecule has 0 atom stereocenters. The molecule has 0 saturated heterocycles. The zero-order chi connectivity index (χ0) is 8.27. The fraction of sp³-hybridized carbons (Fsp3) is 0. The van der Waals surface area contributed by atoms with Crippen LogP contribution in [0.25, 0.3) is 0 Å². The summed E-state index contributed by atoms with van der Waals surface area (Å²) in [6.07, 6.45) is 10.2. The first kappa shape index (κ1) is 7.11. The van der Waals surface area contributed by atoms with Gasteiger partial charge in [0.1, 0.15) is 11.4 Å². The summed E-state index contributed by atoms with van der Waals surface area (Å²) in [4.78, 5) is 7.47. The van der Waals surface area contributed by atoms with Crippen LogP contribution in [0.4, 0.5) is 5.95 Å². The number of nitrogens with zero attached hydrogens (tertiary/aromatic N) is 2. The Balaban J connectivity index is 3.28. The molecule has 0 bridgehead atoms. The number of hydrogen-bond donors (Lipinski definition) is 1. The van der Waals surface area contributed by atoms with Crippen molar-refractivity contribution in [2.75, 3.05) is 5.73 Å². The molecule has 52 valence electrons. The van der Waals surface area contributed by atoms with Crippen LogP contribution in [0.5, 0.6) is 0 Å². The lowest BCUT2D eigenvalue weighted by Gasteiger charge is -1.93. The van der Waals surface area contributed by atoms with Crippen LogP contribution < -0.4 is 5.73 Å². The minimum Gasteiger partial charge on any atom is -0.368 e. The van der Waals surface area contributed by atoms with Crippen molar-refractivity contribution in [2.24, 2.45) is 0 Å². The van der Waals surface area contributed by atoms with Gasteiger partial charge in [-0.2, -0.15) is 0 Å². The van der Waals surface area contributed by atoms with Crippen molar-refractivity contribution in [3.8, 4) is 24.7 Å². The summed E-state index contributed by atoms with van der Waals surface area (Å²) in [5, 5.41) is 0. The first-order valence-electron chi connectivity index (χ1n) is 2.84. The van der Waals surface area contributed by atoms with Crippen molar-refractivity contribution in [3.63, 3.8) is 0 Å². The van der Waals surface area contributed by atoms with E-state index >= 15 is 0 Å². The zero-order valence-corrected chi connectivity index (χ0v) is 5.70. The Morgan fingerprint density at radius 2 is 1.64 bits per heavy atom. The molecule has 0 radical (unpaired) electrons. The third-order valence-electron chi connectivity index (χ3n) is 1.04. The first-order chi connectivity index (χ1) is 5.26. The maximum absolute atomic E-state index is 5.30. The number of terminal acetylenes is 2. The molecule has 2 N–H and O–H groups in total. The molecule has 1 aromatic heterocycles. The summed E-state index contributed by atoms with van der Waals surface area (Å²) in [7, 11) is 0. The van der Waals surface area contributed by atoms with Gasteiger partial charge in [-0.3, -0.25) is 0 Å². The molecule has 11 heavy (non-hydrogen) atoms. The number of rotatable bonds is 0. The second-order valence-corrected chi connectivity index (χ2v) is 1.79. The van der Waals surface area contributed by atoms with E-state index in [0.29, 0.717) is 11.4 Å². The van der Waals surface area contributed by atoms with Gasteiger partial charge < -0.3 is 5.73 Å². The number of aromatic nitrogens is 2. The van der Waals surface area contributed by atoms with E-state index in [1.165, 1.54) is 6.07 Å². The van der Waals surface area contributed by atoms with E-state index < -0.39 is 0 Å². The van der Waals surface area contributed by atoms with Crippen LogP contribution in [0.15, 0.2) is 6.07 Å². The first-order valence-corrected chi connectivity index (χ1v) is 2.84. The lowest BCUT2D eigenvalue weighted by Crippen LogP contribution is -1.98. The Morgan fingerprint density at radius 1 is 1.18 bits per heavy atom. The highest BCUT2D eigenvalue weighted by atomic mass is 15.0. The van der Waals surface area contributed by atoms with Gasteiger partial charge in [0.25, 0.3) is 0 Å². The lowest BCUT2D eigenvalue weighted by atomic mass is 10.3. The molecule has 3 heteroatoms. The van der Waals surface area contributed by atoms with Crippen LogP contribution in [-0.2, 0) is 0 Å². The minimum atomic E-state index is 0.105. The van der Waals surface area contributed by atoms with Crippen LogP contribution in [0, 0.1) is 24.7 Å². The molecule has 0 aliphatic rings. The third-order valence-corrected chi connectivity index (χ3v) is 1.04. The summed E-state index contributed by atoms with van der Waals surface area (Å²) in [5.41, 5.74) is 6.11. The van der Waals surface area contributed by atoms with Gasteiger partial charge >= 0.3 is 0 Å². The van der Waals surface area contributed by atoms with Crippen molar-refractivity contribution in [1.29, 1.82) is 0 Å². The summed E-state index contributed by atoms with van der Waals surface area (Å²) >= 11 is 0. The van der Waals surface area contributed by atoms with Gasteiger partial charge in [0.05, 0.1) is 0 Å². The molecule has 0 fully saturated rings. The highest BCUT2D eigenvalue weighted by Crippen LogP contribution is 1.99. The fourth-order valence-electron chi connectivity index (χ4n) is 0.614. The van der Waals surface area contributed by atoms with Crippen LogP contribution >= 0.6 is 0 Å². The second kappa shape index (κ2) is 2.72. The number of hydrogen-bond acceptors (Lipinski definition) is 3. The molecule has 1 rings (SSSR count). The Hall–Kier alpha value is -2.00. The molecule has 0 spiro atoms. The van der Waals surface area contributed by atoms with Gasteiger partial charge in [-0.25, -0.2) is 9.97 Å². The highest BCUT2D eigenvalue weighted by Gasteiger charge is 1.95. The molecule has 1 aromatic rings. The average Bonchev–Trinajstić information content (AvgIpc) is 2.03. The largest absolute Gasteiger partial charge is 0.368 e. The SMILES string of the molecule is C#Cc1cc(C#C)nc(N)n1. The van der Waals surface area contributed by atoms with Gasteiger partial charge in [0.2, 0.25) is 5.95 Å². The zero-order valence-electron chi connectivity index (χ0n) is 5.70. The van der Waals surface area contributed by atoms with E-state index in [0.717, 1.165) is 0 Å². The minimum absolute atomic E-state index is 0.105. The van der Waals surface area contributed by atoms with Crippen LogP contribution in [-0.4, -0.2) is 9.97 Å². The molecule has 0 unspecified atom stereocenters. The van der Waals surface area contributed by atoms with Gasteiger partial charge in [0, 0.05) is 6.07 Å². The van der Waals surface area contributed by atoms with E-state index in [1.807, 2.05) is 0 Å². The Bertz CT molecular complexity index is 322. The Morgan fingerprint density at radius 3 is 2.00 bits per heavy atom. The molecule has 0 aromatic carbocycles. The van der Waals surface area contributed by atoms with Gasteiger partial charge in [-0.1, -0.05) is 11.8 Å². The average molecular weight is 143 g/mol. The summed E-state index contributed by atoms with van der Waals surface area (Å²) in [6.45, 7) is 0. The number of nitrogen functional groups attached to an aromatic ring is 1. The molecule has 0 amide bonds. The van der Waals surface area contributed by atoms with E-state index in [4.69, 9.17) is 18.6 Å². The fourth-order valence-corrected chi connectivity index (χ4v) is 0.614. The van der Waals surface area contributed by atoms with Gasteiger partial charge in [-0.05, 0) is 0 Å². The van der Waals surface area contributed by atoms with E-state index in [1.54, 1.807) is 0 Å². The van der Waals surface area contributed by atoms with Crippen LogP contribution in [0.1, 0.15) is 11.4 Å². The molecular weight excluding hydrogens is 138 g/mol. The maximum Gasteiger partial charge on any atom is 0.222 e. The molecule has 0 saturated carbocycles. The van der Waals surface area contributed by atoms with Crippen LogP contribution in [0.3, 0.4) is 0 Å². The predicted molar refractivity (Wildman–Crippen MR) is 42.3 cm³/mol. The van der Waals surface area contributed by atoms with Crippen LogP contribution in [0.2, 0.25) is 0 Å². The molecular formula is C8H5N3. The second-order valence-electron chi connectivity index (χ2n) is 1.79. The lowest BCUT2D eigenvalue weighted by molar-refractivity contribution is 1.15. The summed E-state index contributed by atoms with van der Waals surface area (Å²) in [5.74, 6) is 4.74. The topological polar surface area (TPSA) is 51.8 Å². The summed E-state index contributed by atoms with van der Waals surface area (Å²) in [6, 6.07) is 1.52. The van der Waals surface area contributed by atoms with Gasteiger partial charge in [-0.15, -0.1) is 12.8 Å². The van der Waals surface area contributed by atoms with Crippen molar-refractivity contribution >= 4 is 5.95 Å². The highest BCUT2D eigenvalue weighted by molar-refractivity contribution is 5.37.